The van der Waals surface area contributed by atoms with Crippen LogP contribution in [-0.4, -0.2) is 9.97 Å². The van der Waals surface area contributed by atoms with Crippen molar-refractivity contribution in [3.63, 3.8) is 0 Å². The van der Waals surface area contributed by atoms with Gasteiger partial charge in [0.2, 0.25) is 0 Å². The van der Waals surface area contributed by atoms with Crippen molar-refractivity contribution >= 4 is 32.3 Å². The Hall–Kier alpha value is -5.60. The molecule has 202 valence electrons. The highest BCUT2D eigenvalue weighted by Crippen LogP contribution is 2.44. The van der Waals surface area contributed by atoms with Gasteiger partial charge in [-0.3, -0.25) is 9.97 Å². The van der Waals surface area contributed by atoms with E-state index in [1.807, 2.05) is 18.5 Å². The maximum absolute atomic E-state index is 4.79. The molecular weight excluding hydrogens is 520 g/mol. The molecule has 0 aliphatic heterocycles. The van der Waals surface area contributed by atoms with Gasteiger partial charge in [0.1, 0.15) is 0 Å². The van der Waals surface area contributed by atoms with E-state index in [1.54, 1.807) is 0 Å². The Morgan fingerprint density at radius 2 is 1.02 bits per heavy atom. The molecule has 0 fully saturated rings. The van der Waals surface area contributed by atoms with Gasteiger partial charge >= 0.3 is 0 Å². The minimum absolute atomic E-state index is 0.888. The van der Waals surface area contributed by atoms with Crippen LogP contribution in [0.25, 0.3) is 77.1 Å². The number of benzene rings is 6. The second kappa shape index (κ2) is 10.3. The topological polar surface area (TPSA) is 25.8 Å². The van der Waals surface area contributed by atoms with Crippen LogP contribution in [0.5, 0.6) is 0 Å². The molecule has 2 nitrogen and oxygen atoms in total. The normalized spacial score (nSPS) is 11.4. The highest BCUT2D eigenvalue weighted by atomic mass is 14.8. The number of rotatable bonds is 4. The third-order valence-electron chi connectivity index (χ3n) is 8.47. The van der Waals surface area contributed by atoms with Gasteiger partial charge in [0.25, 0.3) is 0 Å². The van der Waals surface area contributed by atoms with Crippen LogP contribution in [0.4, 0.5) is 0 Å². The molecule has 0 atom stereocenters. The summed E-state index contributed by atoms with van der Waals surface area (Å²) in [7, 11) is 0. The highest BCUT2D eigenvalue weighted by molar-refractivity contribution is 6.21. The summed E-state index contributed by atoms with van der Waals surface area (Å²) >= 11 is 0. The van der Waals surface area contributed by atoms with Gasteiger partial charge < -0.3 is 0 Å². The van der Waals surface area contributed by atoms with Crippen molar-refractivity contribution in [2.45, 2.75) is 6.92 Å². The number of hydrogen-bond acceptors (Lipinski definition) is 2. The largest absolute Gasteiger partial charge is 0.254 e. The minimum Gasteiger partial charge on any atom is -0.254 e. The van der Waals surface area contributed by atoms with Gasteiger partial charge in [-0.25, -0.2) is 0 Å². The quantitative estimate of drug-likeness (QED) is 0.204. The lowest BCUT2D eigenvalue weighted by Gasteiger charge is -2.18. The van der Waals surface area contributed by atoms with Crippen molar-refractivity contribution in [3.8, 4) is 44.8 Å². The van der Waals surface area contributed by atoms with Crippen LogP contribution in [0.3, 0.4) is 0 Å². The summed E-state index contributed by atoms with van der Waals surface area (Å²) < 4.78 is 0. The Morgan fingerprint density at radius 1 is 0.419 bits per heavy atom. The van der Waals surface area contributed by atoms with Gasteiger partial charge in [-0.2, -0.15) is 0 Å². The van der Waals surface area contributed by atoms with Crippen LogP contribution >= 0.6 is 0 Å². The number of pyridine rings is 2. The van der Waals surface area contributed by atoms with Crippen molar-refractivity contribution in [3.05, 3.63) is 157 Å². The number of hydrogen-bond donors (Lipinski definition) is 0. The van der Waals surface area contributed by atoms with E-state index in [0.717, 1.165) is 28.1 Å². The Balaban J connectivity index is 1.31. The van der Waals surface area contributed by atoms with Gasteiger partial charge in [-0.15, -0.1) is 0 Å². The summed E-state index contributed by atoms with van der Waals surface area (Å²) in [5.41, 5.74) is 10.1. The fraction of sp³-hybridized carbons (Fsp3) is 0.0244. The summed E-state index contributed by atoms with van der Waals surface area (Å²) in [5, 5.41) is 7.53. The highest BCUT2D eigenvalue weighted by Gasteiger charge is 2.17. The van der Waals surface area contributed by atoms with Gasteiger partial charge in [0, 0.05) is 18.0 Å². The van der Waals surface area contributed by atoms with E-state index in [4.69, 9.17) is 4.98 Å². The minimum atomic E-state index is 0.888. The molecule has 2 aromatic heterocycles. The Morgan fingerprint density at radius 3 is 1.67 bits per heavy atom. The summed E-state index contributed by atoms with van der Waals surface area (Å²) in [4.78, 5) is 9.34. The zero-order valence-corrected chi connectivity index (χ0v) is 23.8. The van der Waals surface area contributed by atoms with Gasteiger partial charge in [-0.1, -0.05) is 115 Å². The van der Waals surface area contributed by atoms with Crippen molar-refractivity contribution < 1.29 is 0 Å². The first kappa shape index (κ1) is 25.1. The molecule has 6 aromatic carbocycles. The summed E-state index contributed by atoms with van der Waals surface area (Å²) in [5.74, 6) is 0. The maximum Gasteiger partial charge on any atom is 0.0915 e. The average Bonchev–Trinajstić information content (AvgIpc) is 3.07. The molecule has 0 spiro atoms. The predicted octanol–water partition coefficient (Wildman–Crippen LogP) is 10.9. The molecule has 0 saturated heterocycles. The molecule has 0 amide bonds. The lowest BCUT2D eigenvalue weighted by molar-refractivity contribution is 1.21. The van der Waals surface area contributed by atoms with Crippen LogP contribution in [0.2, 0.25) is 0 Å². The number of aromatic nitrogens is 2. The molecule has 2 heterocycles. The van der Waals surface area contributed by atoms with E-state index < -0.39 is 0 Å². The molecule has 0 N–H and O–H groups in total. The van der Waals surface area contributed by atoms with Crippen LogP contribution in [0.15, 0.2) is 152 Å². The predicted molar refractivity (Wildman–Crippen MR) is 181 cm³/mol. The maximum atomic E-state index is 4.79. The van der Waals surface area contributed by atoms with Gasteiger partial charge in [0.15, 0.2) is 0 Å². The van der Waals surface area contributed by atoms with Crippen LogP contribution < -0.4 is 0 Å². The van der Waals surface area contributed by atoms with Crippen molar-refractivity contribution in [2.75, 3.05) is 0 Å². The zero-order chi connectivity index (χ0) is 28.8. The summed E-state index contributed by atoms with van der Waals surface area (Å²) in [6, 6.07) is 50.2. The van der Waals surface area contributed by atoms with Crippen LogP contribution in [0, 0.1) is 6.92 Å². The van der Waals surface area contributed by atoms with Crippen LogP contribution in [0.1, 0.15) is 5.56 Å². The van der Waals surface area contributed by atoms with Gasteiger partial charge in [-0.05, 0) is 96.9 Å². The van der Waals surface area contributed by atoms with Crippen molar-refractivity contribution in [2.24, 2.45) is 0 Å². The molecule has 0 unspecified atom stereocenters. The molecule has 0 aliphatic rings. The molecule has 0 aliphatic carbocycles. The first-order chi connectivity index (χ1) is 21.2. The Bertz CT molecular complexity index is 2240. The SMILES string of the molecule is Cc1cccnc1-c1ccc(-c2cccc(-c3c4ccccc4c(-c4ccc5ccccc5c4)c4ccccc34)c2)cn1. The molecule has 2 heteroatoms. The standard InChI is InChI=1S/C41H28N2/c1-27-10-9-23-42-41(27)38-22-21-33(26-43-38)30-13-8-14-31(25-30)39-34-15-4-6-17-36(34)40(37-18-7-5-16-35(37)39)32-20-19-28-11-2-3-12-29(28)24-32/h2-26H,1H3. The third kappa shape index (κ3) is 4.36. The fourth-order valence-electron chi connectivity index (χ4n) is 6.41. The number of nitrogens with zero attached hydrogens (tertiary/aromatic N) is 2. The third-order valence-corrected chi connectivity index (χ3v) is 8.47. The lowest BCUT2D eigenvalue weighted by Crippen LogP contribution is -1.92. The summed E-state index contributed by atoms with van der Waals surface area (Å²) in [6.07, 6.45) is 3.78. The first-order valence-electron chi connectivity index (χ1n) is 14.7. The number of fused-ring (bicyclic) bond motifs is 3. The monoisotopic (exact) mass is 548 g/mol. The molecule has 43 heavy (non-hydrogen) atoms. The second-order valence-electron chi connectivity index (χ2n) is 11.1. The van der Waals surface area contributed by atoms with E-state index in [0.29, 0.717) is 0 Å². The fourth-order valence-corrected chi connectivity index (χ4v) is 6.41. The van der Waals surface area contributed by atoms with E-state index in [1.165, 1.54) is 54.6 Å². The van der Waals surface area contributed by atoms with Crippen LogP contribution in [-0.2, 0) is 0 Å². The van der Waals surface area contributed by atoms with Gasteiger partial charge in [0.05, 0.1) is 11.4 Å². The van der Waals surface area contributed by atoms with Crippen molar-refractivity contribution in [1.29, 1.82) is 0 Å². The molecule has 0 saturated carbocycles. The molecule has 0 radical (unpaired) electrons. The van der Waals surface area contributed by atoms with Crippen molar-refractivity contribution in [1.82, 2.24) is 9.97 Å². The van der Waals surface area contributed by atoms with E-state index in [2.05, 4.69) is 145 Å². The van der Waals surface area contributed by atoms with E-state index in [-0.39, 0.29) is 0 Å². The van der Waals surface area contributed by atoms with E-state index >= 15 is 0 Å². The first-order valence-corrected chi connectivity index (χ1v) is 14.7. The molecule has 8 rings (SSSR count). The molecule has 0 bridgehead atoms. The lowest BCUT2D eigenvalue weighted by atomic mass is 9.85. The number of aryl methyl sites for hydroxylation is 1. The smallest absolute Gasteiger partial charge is 0.0915 e. The average molecular weight is 549 g/mol. The summed E-state index contributed by atoms with van der Waals surface area (Å²) in [6.45, 7) is 2.07. The molecular formula is C41H28N2. The molecule has 8 aromatic rings. The van der Waals surface area contributed by atoms with E-state index in [9.17, 15) is 0 Å². The zero-order valence-electron chi connectivity index (χ0n) is 23.8. The second-order valence-corrected chi connectivity index (χ2v) is 11.1. The Labute approximate surface area is 251 Å². The Kier molecular flexibility index (Phi) is 6.05.